The van der Waals surface area contributed by atoms with Gasteiger partial charge in [0.15, 0.2) is 11.7 Å². The lowest BCUT2D eigenvalue weighted by Gasteiger charge is -2.07. The minimum absolute atomic E-state index is 0.0567. The van der Waals surface area contributed by atoms with Gasteiger partial charge in [0.25, 0.3) is 5.91 Å². The maximum Gasteiger partial charge on any atom is 0.573 e. The molecule has 0 spiro atoms. The number of alkyl halides is 3. The monoisotopic (exact) mass is 440 g/mol. The van der Waals surface area contributed by atoms with Crippen LogP contribution in [-0.4, -0.2) is 34.9 Å². The Morgan fingerprint density at radius 2 is 1.87 bits per heavy atom. The molecule has 0 atom stereocenters. The van der Waals surface area contributed by atoms with Crippen LogP contribution in [0.4, 0.5) is 18.3 Å². The largest absolute Gasteiger partial charge is 0.573 e. The Morgan fingerprint density at radius 3 is 2.57 bits per heavy atom. The molecule has 1 amide bonds. The van der Waals surface area contributed by atoms with Crippen molar-refractivity contribution in [2.45, 2.75) is 19.2 Å². The highest BCUT2D eigenvalue weighted by molar-refractivity contribution is 7.22. The van der Waals surface area contributed by atoms with Gasteiger partial charge in [-0.3, -0.25) is 14.9 Å². The van der Waals surface area contributed by atoms with Crippen molar-refractivity contribution in [1.29, 1.82) is 0 Å². The molecule has 2 aromatic carbocycles. The van der Waals surface area contributed by atoms with Crippen molar-refractivity contribution in [3.63, 3.8) is 0 Å². The Bertz CT molecular complexity index is 1050. The number of amides is 1. The minimum atomic E-state index is -4.80. The van der Waals surface area contributed by atoms with Crippen LogP contribution in [0.1, 0.15) is 12.0 Å². The number of ether oxygens (including phenoxy) is 2. The molecule has 7 nitrogen and oxygen atoms in total. The fraction of sp³-hybridized carbons (Fsp3) is 0.211. The zero-order chi connectivity index (χ0) is 21.7. The molecule has 1 aromatic heterocycles. The fourth-order valence-corrected chi connectivity index (χ4v) is 3.35. The van der Waals surface area contributed by atoms with Crippen LogP contribution in [0.2, 0.25) is 0 Å². The van der Waals surface area contributed by atoms with E-state index < -0.39 is 24.8 Å². The van der Waals surface area contributed by atoms with E-state index in [1.54, 1.807) is 12.1 Å². The van der Waals surface area contributed by atoms with Crippen molar-refractivity contribution in [2.75, 3.05) is 11.9 Å². The second-order valence-electron chi connectivity index (χ2n) is 6.07. The van der Waals surface area contributed by atoms with Crippen molar-refractivity contribution < 1.29 is 37.3 Å². The summed E-state index contributed by atoms with van der Waals surface area (Å²) in [5, 5.41) is 11.8. The standard InChI is InChI=1S/C19H15F3N2O5S/c20-19(21,22)29-13-6-7-14-15(9-13)30-18(23-14)24-16(26)10-28-17(27)8-3-11-1-4-12(25)5-2-11/h1-2,4-7,9,25H,3,8,10H2,(H,23,24,26). The lowest BCUT2D eigenvalue weighted by Crippen LogP contribution is -2.20. The molecule has 2 N–H and O–H groups in total. The number of halogens is 3. The van der Waals surface area contributed by atoms with Gasteiger partial charge >= 0.3 is 12.3 Å². The van der Waals surface area contributed by atoms with Crippen molar-refractivity contribution >= 4 is 38.6 Å². The third kappa shape index (κ3) is 6.34. The predicted molar refractivity (Wildman–Crippen MR) is 102 cm³/mol. The van der Waals surface area contributed by atoms with Crippen LogP contribution in [0, 0.1) is 0 Å². The average molecular weight is 440 g/mol. The van der Waals surface area contributed by atoms with E-state index in [0.717, 1.165) is 23.0 Å². The summed E-state index contributed by atoms with van der Waals surface area (Å²) in [5.41, 5.74) is 1.22. The van der Waals surface area contributed by atoms with Gasteiger partial charge in [0.1, 0.15) is 11.5 Å². The quantitative estimate of drug-likeness (QED) is 0.539. The highest BCUT2D eigenvalue weighted by Crippen LogP contribution is 2.31. The number of aryl methyl sites for hydroxylation is 1. The lowest BCUT2D eigenvalue weighted by molar-refractivity contribution is -0.274. The molecule has 0 bridgehead atoms. The van der Waals surface area contributed by atoms with E-state index in [1.165, 1.54) is 24.3 Å². The molecule has 3 aromatic rings. The molecule has 3 rings (SSSR count). The van der Waals surface area contributed by atoms with Gasteiger partial charge in [-0.15, -0.1) is 13.2 Å². The third-order valence-electron chi connectivity index (χ3n) is 3.76. The number of fused-ring (bicyclic) bond motifs is 1. The van der Waals surface area contributed by atoms with Crippen LogP contribution in [0.3, 0.4) is 0 Å². The molecular formula is C19H15F3N2O5S. The molecule has 0 unspecified atom stereocenters. The second-order valence-corrected chi connectivity index (χ2v) is 7.10. The molecular weight excluding hydrogens is 425 g/mol. The van der Waals surface area contributed by atoms with Crippen LogP contribution >= 0.6 is 11.3 Å². The number of benzene rings is 2. The number of anilines is 1. The Labute approximate surface area is 172 Å². The summed E-state index contributed by atoms with van der Waals surface area (Å²) in [7, 11) is 0. The molecule has 0 fully saturated rings. The van der Waals surface area contributed by atoms with Gasteiger partial charge < -0.3 is 14.6 Å². The number of nitrogens with zero attached hydrogens (tertiary/aromatic N) is 1. The number of esters is 1. The highest BCUT2D eigenvalue weighted by Gasteiger charge is 2.31. The summed E-state index contributed by atoms with van der Waals surface area (Å²) in [5.74, 6) is -1.47. The molecule has 30 heavy (non-hydrogen) atoms. The van der Waals surface area contributed by atoms with Gasteiger partial charge in [-0.1, -0.05) is 23.5 Å². The number of hydrogen-bond acceptors (Lipinski definition) is 7. The van der Waals surface area contributed by atoms with Crippen LogP contribution in [0.15, 0.2) is 42.5 Å². The zero-order valence-electron chi connectivity index (χ0n) is 15.2. The Hall–Kier alpha value is -3.34. The second kappa shape index (κ2) is 8.99. The first-order chi connectivity index (χ1) is 14.2. The molecule has 1 heterocycles. The van der Waals surface area contributed by atoms with Crippen LogP contribution in [0.25, 0.3) is 10.2 Å². The first-order valence-electron chi connectivity index (χ1n) is 8.58. The smallest absolute Gasteiger partial charge is 0.508 e. The van der Waals surface area contributed by atoms with Gasteiger partial charge in [-0.2, -0.15) is 0 Å². The van der Waals surface area contributed by atoms with Crippen molar-refractivity contribution in [3.8, 4) is 11.5 Å². The molecule has 0 radical (unpaired) electrons. The predicted octanol–water partition coefficient (Wildman–Crippen LogP) is 4.02. The van der Waals surface area contributed by atoms with Crippen molar-refractivity contribution in [3.05, 3.63) is 48.0 Å². The molecule has 158 valence electrons. The molecule has 0 aliphatic rings. The number of carbonyl (C=O) groups excluding carboxylic acids is 2. The topological polar surface area (TPSA) is 97.8 Å². The van der Waals surface area contributed by atoms with E-state index in [9.17, 15) is 27.9 Å². The molecule has 0 aliphatic heterocycles. The Kier molecular flexibility index (Phi) is 6.40. The number of rotatable bonds is 7. The Balaban J connectivity index is 1.48. The molecule has 11 heteroatoms. The van der Waals surface area contributed by atoms with E-state index in [4.69, 9.17) is 4.74 Å². The first kappa shape index (κ1) is 21.4. The average Bonchev–Trinajstić information content (AvgIpc) is 3.06. The maximum atomic E-state index is 12.3. The number of hydrogen-bond donors (Lipinski definition) is 2. The van der Waals surface area contributed by atoms with Crippen LogP contribution in [-0.2, 0) is 20.7 Å². The lowest BCUT2D eigenvalue weighted by atomic mass is 10.1. The van der Waals surface area contributed by atoms with Crippen molar-refractivity contribution in [1.82, 2.24) is 4.98 Å². The van der Waals surface area contributed by atoms with Gasteiger partial charge in [0.2, 0.25) is 0 Å². The molecule has 0 saturated heterocycles. The van der Waals surface area contributed by atoms with Crippen LogP contribution in [0.5, 0.6) is 11.5 Å². The summed E-state index contributed by atoms with van der Waals surface area (Å²) >= 11 is 0.957. The number of phenols is 1. The van der Waals surface area contributed by atoms with Gasteiger partial charge in [0, 0.05) is 12.5 Å². The van der Waals surface area contributed by atoms with E-state index in [2.05, 4.69) is 15.0 Å². The van der Waals surface area contributed by atoms with E-state index in [-0.39, 0.29) is 23.1 Å². The Morgan fingerprint density at radius 1 is 1.13 bits per heavy atom. The summed E-state index contributed by atoms with van der Waals surface area (Å²) in [6, 6.07) is 9.98. The van der Waals surface area contributed by atoms with Gasteiger partial charge in [-0.25, -0.2) is 4.98 Å². The van der Waals surface area contributed by atoms with Crippen LogP contribution < -0.4 is 10.1 Å². The number of carbonyl (C=O) groups is 2. The highest BCUT2D eigenvalue weighted by atomic mass is 32.1. The number of nitrogens with one attached hydrogen (secondary N) is 1. The molecule has 0 saturated carbocycles. The van der Waals surface area contributed by atoms with E-state index in [1.807, 2.05) is 0 Å². The number of thiazole rings is 1. The fourth-order valence-electron chi connectivity index (χ4n) is 2.44. The molecule has 0 aliphatic carbocycles. The summed E-state index contributed by atoms with van der Waals surface area (Å²) in [4.78, 5) is 27.8. The number of aromatic hydroxyl groups is 1. The van der Waals surface area contributed by atoms with E-state index >= 15 is 0 Å². The normalized spacial score (nSPS) is 11.3. The van der Waals surface area contributed by atoms with Gasteiger partial charge in [0.05, 0.1) is 10.2 Å². The van der Waals surface area contributed by atoms with E-state index in [0.29, 0.717) is 16.6 Å². The number of phenolic OH excluding ortho intramolecular Hbond substituents is 1. The SMILES string of the molecule is O=C(COC(=O)CCc1ccc(O)cc1)Nc1nc2ccc(OC(F)(F)F)cc2s1. The number of aromatic nitrogens is 1. The third-order valence-corrected chi connectivity index (χ3v) is 4.69. The zero-order valence-corrected chi connectivity index (χ0v) is 16.0. The maximum absolute atomic E-state index is 12.3. The van der Waals surface area contributed by atoms with Crippen molar-refractivity contribution in [2.24, 2.45) is 0 Å². The summed E-state index contributed by atoms with van der Waals surface area (Å²) in [6.45, 7) is -0.521. The summed E-state index contributed by atoms with van der Waals surface area (Å²) < 4.78 is 46.0. The first-order valence-corrected chi connectivity index (χ1v) is 9.39. The van der Waals surface area contributed by atoms with Gasteiger partial charge in [-0.05, 0) is 36.2 Å². The summed E-state index contributed by atoms with van der Waals surface area (Å²) in [6.07, 6.45) is -4.36. The minimum Gasteiger partial charge on any atom is -0.508 e.